The molecule has 0 atom stereocenters. The number of nitrogens with zero attached hydrogens (tertiary/aromatic N) is 4. The average Bonchev–Trinajstić information content (AvgIpc) is 3.23. The van der Waals surface area contributed by atoms with Crippen LogP contribution in [-0.4, -0.2) is 25.3 Å². The van der Waals surface area contributed by atoms with Crippen LogP contribution in [0.4, 0.5) is 24.8 Å². The number of nitrogens with one attached hydrogen (secondary N) is 2. The zero-order chi connectivity index (χ0) is 18.3. The molecule has 3 aromatic heterocycles. The first kappa shape index (κ1) is 16.1. The Morgan fingerprint density at radius 3 is 2.69 bits per heavy atom. The molecule has 0 fully saturated rings. The van der Waals surface area contributed by atoms with Gasteiger partial charge in [0, 0.05) is 17.3 Å². The maximum absolute atomic E-state index is 13.3. The maximum atomic E-state index is 13.3. The van der Waals surface area contributed by atoms with E-state index in [1.165, 1.54) is 24.4 Å². The topological polar surface area (TPSA) is 92.5 Å². The number of aromatic nitrogens is 5. The molecule has 0 radical (unpaired) electrons. The summed E-state index contributed by atoms with van der Waals surface area (Å²) in [4.78, 5) is 8.36. The van der Waals surface area contributed by atoms with E-state index in [4.69, 9.17) is 4.52 Å². The molecule has 0 spiro atoms. The first-order valence-corrected chi connectivity index (χ1v) is 7.50. The minimum atomic E-state index is -4.53. The van der Waals surface area contributed by atoms with Crippen molar-refractivity contribution in [3.8, 4) is 11.4 Å². The summed E-state index contributed by atoms with van der Waals surface area (Å²) < 4.78 is 45.1. The van der Waals surface area contributed by atoms with Crippen molar-refractivity contribution in [2.75, 3.05) is 5.32 Å². The van der Waals surface area contributed by atoms with Gasteiger partial charge in [0.1, 0.15) is 5.52 Å². The second-order valence-electron chi connectivity index (χ2n) is 5.54. The molecule has 3 heterocycles. The van der Waals surface area contributed by atoms with Gasteiger partial charge in [-0.25, -0.2) is 9.97 Å². The second kappa shape index (κ2) is 5.83. The molecule has 26 heavy (non-hydrogen) atoms. The van der Waals surface area contributed by atoms with Gasteiger partial charge >= 0.3 is 6.18 Å². The van der Waals surface area contributed by atoms with E-state index in [9.17, 15) is 13.2 Å². The molecule has 0 amide bonds. The number of aryl methyl sites for hydroxylation is 1. The standard InChI is InChI=1S/C16H11F3N6O/c1-8-6-12(25-24-8)22-15-13-11(7-20-26-13)21-14(23-15)9-4-2-3-5-10(9)16(17,18)19/h2-7H,1H3,(H2,21,22,23,24,25). The Bertz CT molecular complexity index is 1080. The van der Waals surface area contributed by atoms with Crippen LogP contribution >= 0.6 is 0 Å². The molecule has 0 aliphatic heterocycles. The number of H-pyrrole nitrogens is 1. The van der Waals surface area contributed by atoms with Crippen molar-refractivity contribution < 1.29 is 17.7 Å². The summed E-state index contributed by atoms with van der Waals surface area (Å²) in [5, 5.41) is 13.3. The molecule has 1 aromatic carbocycles. The van der Waals surface area contributed by atoms with Crippen LogP contribution < -0.4 is 5.32 Å². The van der Waals surface area contributed by atoms with Gasteiger partial charge in [0.05, 0.1) is 11.8 Å². The Balaban J connectivity index is 1.87. The molecule has 4 aromatic rings. The number of fused-ring (bicyclic) bond motifs is 1. The van der Waals surface area contributed by atoms with Crippen LogP contribution in [0.2, 0.25) is 0 Å². The summed E-state index contributed by atoms with van der Waals surface area (Å²) in [5.74, 6) is 0.517. The van der Waals surface area contributed by atoms with Gasteiger partial charge in [-0.2, -0.15) is 18.3 Å². The van der Waals surface area contributed by atoms with Crippen LogP contribution in [0.3, 0.4) is 0 Å². The number of rotatable bonds is 3. The molecular weight excluding hydrogens is 349 g/mol. The van der Waals surface area contributed by atoms with Crippen LogP contribution in [0.15, 0.2) is 41.1 Å². The monoisotopic (exact) mass is 360 g/mol. The summed E-state index contributed by atoms with van der Waals surface area (Å²) in [6, 6.07) is 6.83. The van der Waals surface area contributed by atoms with Gasteiger partial charge in [0.15, 0.2) is 17.5 Å². The number of benzene rings is 1. The predicted octanol–water partition coefficient (Wildman–Crippen LogP) is 4.08. The Kier molecular flexibility index (Phi) is 3.60. The minimum absolute atomic E-state index is 0.0941. The summed E-state index contributed by atoms with van der Waals surface area (Å²) in [6.07, 6.45) is -3.21. The first-order chi connectivity index (χ1) is 12.4. The molecule has 0 saturated heterocycles. The van der Waals surface area contributed by atoms with Crippen LogP contribution in [0.1, 0.15) is 11.3 Å². The third-order valence-electron chi connectivity index (χ3n) is 3.64. The summed E-state index contributed by atoms with van der Waals surface area (Å²) in [7, 11) is 0. The highest BCUT2D eigenvalue weighted by Gasteiger charge is 2.34. The number of aromatic amines is 1. The van der Waals surface area contributed by atoms with Crippen molar-refractivity contribution in [1.29, 1.82) is 0 Å². The largest absolute Gasteiger partial charge is 0.417 e. The molecule has 0 aliphatic rings. The van der Waals surface area contributed by atoms with E-state index in [1.54, 1.807) is 6.07 Å². The van der Waals surface area contributed by atoms with E-state index < -0.39 is 11.7 Å². The third kappa shape index (κ3) is 2.85. The molecule has 4 rings (SSSR count). The molecule has 0 aliphatic carbocycles. The zero-order valence-corrected chi connectivity index (χ0v) is 13.3. The Hall–Kier alpha value is -3.43. The predicted molar refractivity (Wildman–Crippen MR) is 86.6 cm³/mol. The number of hydrogen-bond donors (Lipinski definition) is 2. The highest BCUT2D eigenvalue weighted by atomic mass is 19.4. The number of alkyl halides is 3. The molecule has 2 N–H and O–H groups in total. The Morgan fingerprint density at radius 2 is 1.96 bits per heavy atom. The quantitative estimate of drug-likeness (QED) is 0.572. The molecule has 7 nitrogen and oxygen atoms in total. The van der Waals surface area contributed by atoms with E-state index in [0.717, 1.165) is 11.8 Å². The fourth-order valence-corrected chi connectivity index (χ4v) is 2.51. The first-order valence-electron chi connectivity index (χ1n) is 7.50. The lowest BCUT2D eigenvalue weighted by Gasteiger charge is -2.12. The summed E-state index contributed by atoms with van der Waals surface area (Å²) in [6.45, 7) is 1.81. The number of halogens is 3. The van der Waals surface area contributed by atoms with Gasteiger partial charge in [-0.3, -0.25) is 5.10 Å². The number of hydrogen-bond acceptors (Lipinski definition) is 6. The van der Waals surface area contributed by atoms with Crippen molar-refractivity contribution in [1.82, 2.24) is 25.3 Å². The third-order valence-corrected chi connectivity index (χ3v) is 3.64. The molecule has 0 unspecified atom stereocenters. The van der Waals surface area contributed by atoms with Crippen molar-refractivity contribution in [3.63, 3.8) is 0 Å². The van der Waals surface area contributed by atoms with Gasteiger partial charge in [-0.15, -0.1) is 0 Å². The van der Waals surface area contributed by atoms with E-state index >= 15 is 0 Å². The normalized spacial score (nSPS) is 11.8. The van der Waals surface area contributed by atoms with E-state index in [1.807, 2.05) is 6.92 Å². The van der Waals surface area contributed by atoms with E-state index in [-0.39, 0.29) is 28.3 Å². The lowest BCUT2D eigenvalue weighted by Crippen LogP contribution is -2.08. The Morgan fingerprint density at radius 1 is 1.15 bits per heavy atom. The second-order valence-corrected chi connectivity index (χ2v) is 5.54. The van der Waals surface area contributed by atoms with Crippen LogP contribution in [0, 0.1) is 6.92 Å². The fraction of sp³-hybridized carbons (Fsp3) is 0.125. The van der Waals surface area contributed by atoms with Crippen LogP contribution in [0.25, 0.3) is 22.5 Å². The Labute approximate surface area is 144 Å². The van der Waals surface area contributed by atoms with E-state index in [0.29, 0.717) is 5.82 Å². The van der Waals surface area contributed by atoms with E-state index in [2.05, 4.69) is 30.6 Å². The highest BCUT2D eigenvalue weighted by molar-refractivity contribution is 5.86. The molecule has 132 valence electrons. The van der Waals surface area contributed by atoms with Gasteiger partial charge in [-0.05, 0) is 13.0 Å². The van der Waals surface area contributed by atoms with Gasteiger partial charge in [-0.1, -0.05) is 23.4 Å². The van der Waals surface area contributed by atoms with Crippen molar-refractivity contribution in [2.24, 2.45) is 0 Å². The molecule has 0 bridgehead atoms. The lowest BCUT2D eigenvalue weighted by atomic mass is 10.1. The summed E-state index contributed by atoms with van der Waals surface area (Å²) >= 11 is 0. The van der Waals surface area contributed by atoms with Gasteiger partial charge < -0.3 is 9.84 Å². The van der Waals surface area contributed by atoms with Gasteiger partial charge in [0.25, 0.3) is 0 Å². The average molecular weight is 360 g/mol. The maximum Gasteiger partial charge on any atom is 0.417 e. The zero-order valence-electron chi connectivity index (χ0n) is 13.3. The minimum Gasteiger partial charge on any atom is -0.351 e. The smallest absolute Gasteiger partial charge is 0.351 e. The summed E-state index contributed by atoms with van der Waals surface area (Å²) in [5.41, 5.74) is 0.348. The molecule has 0 saturated carbocycles. The van der Waals surface area contributed by atoms with Crippen molar-refractivity contribution in [2.45, 2.75) is 13.1 Å². The van der Waals surface area contributed by atoms with Crippen molar-refractivity contribution >= 4 is 22.7 Å². The number of anilines is 2. The SMILES string of the molecule is Cc1cc(Nc2nc(-c3ccccc3C(F)(F)F)nc3cnoc23)n[nH]1. The highest BCUT2D eigenvalue weighted by Crippen LogP contribution is 2.37. The van der Waals surface area contributed by atoms with Crippen molar-refractivity contribution in [3.05, 3.63) is 47.8 Å². The fourth-order valence-electron chi connectivity index (χ4n) is 2.51. The van der Waals surface area contributed by atoms with Crippen LogP contribution in [-0.2, 0) is 6.18 Å². The molecule has 10 heteroatoms. The van der Waals surface area contributed by atoms with Crippen LogP contribution in [0.5, 0.6) is 0 Å². The molecular formula is C16H11F3N6O. The van der Waals surface area contributed by atoms with Gasteiger partial charge in [0.2, 0.25) is 5.58 Å². The lowest BCUT2D eigenvalue weighted by molar-refractivity contribution is -0.137.